The van der Waals surface area contributed by atoms with E-state index in [9.17, 15) is 17.1 Å². The van der Waals surface area contributed by atoms with Gasteiger partial charge in [0.2, 0.25) is 0 Å². The van der Waals surface area contributed by atoms with Gasteiger partial charge in [0.25, 0.3) is 0 Å². The molecule has 0 spiro atoms. The molecule has 21 heavy (non-hydrogen) atoms. The quantitative estimate of drug-likeness (QED) is 0.660. The first-order valence-electron chi connectivity index (χ1n) is 5.89. The molecule has 1 N–H and O–H groups in total. The van der Waals surface area contributed by atoms with Crippen molar-refractivity contribution in [2.24, 2.45) is 0 Å². The predicted molar refractivity (Wildman–Crippen MR) is 71.3 cm³/mol. The molecule has 0 bridgehead atoms. The van der Waals surface area contributed by atoms with Crippen LogP contribution in [0.2, 0.25) is 0 Å². The molecule has 0 aliphatic heterocycles. The van der Waals surface area contributed by atoms with Gasteiger partial charge in [0, 0.05) is 0 Å². The highest BCUT2D eigenvalue weighted by atomic mass is 32.3. The van der Waals surface area contributed by atoms with Crippen molar-refractivity contribution < 1.29 is 30.9 Å². The lowest BCUT2D eigenvalue weighted by atomic mass is 10.2. The minimum absolute atomic E-state index is 0.0158. The van der Waals surface area contributed by atoms with Crippen molar-refractivity contribution in [3.8, 4) is 5.75 Å². The van der Waals surface area contributed by atoms with Gasteiger partial charge in [-0.3, -0.25) is 4.84 Å². The average molecular weight is 321 g/mol. The van der Waals surface area contributed by atoms with Crippen molar-refractivity contribution in [3.05, 3.63) is 29.8 Å². The Morgan fingerprint density at radius 1 is 1.24 bits per heavy atom. The maximum atomic E-state index is 12.3. The third-order valence-electron chi connectivity index (χ3n) is 1.91. The number of hydrogen-bond donors (Lipinski definition) is 1. The standard InChI is InChI=1S/C12H16FNO6S/c1-12(2,3)19-11(15)14-18-8-9-4-6-10(7-5-9)20-21(13,16)17/h4-7H,8H2,1-3H3,(H,14,15). The van der Waals surface area contributed by atoms with Gasteiger partial charge in [0.15, 0.2) is 0 Å². The monoisotopic (exact) mass is 321 g/mol. The summed E-state index contributed by atoms with van der Waals surface area (Å²) in [6, 6.07) is 5.42. The molecule has 1 rings (SSSR count). The second-order valence-corrected chi connectivity index (χ2v) is 5.97. The second-order valence-electron chi connectivity index (χ2n) is 5.01. The van der Waals surface area contributed by atoms with E-state index in [1.165, 1.54) is 24.3 Å². The molecule has 0 aromatic heterocycles. The van der Waals surface area contributed by atoms with Crippen molar-refractivity contribution in [1.29, 1.82) is 0 Å². The van der Waals surface area contributed by atoms with Crippen LogP contribution in [0, 0.1) is 0 Å². The summed E-state index contributed by atoms with van der Waals surface area (Å²) in [7, 11) is -5.04. The van der Waals surface area contributed by atoms with Crippen molar-refractivity contribution in [3.63, 3.8) is 0 Å². The van der Waals surface area contributed by atoms with Gasteiger partial charge in [0.05, 0.1) is 6.61 Å². The summed E-state index contributed by atoms with van der Waals surface area (Å²) in [6.07, 6.45) is -0.731. The van der Waals surface area contributed by atoms with Crippen LogP contribution in [-0.4, -0.2) is 20.1 Å². The van der Waals surface area contributed by atoms with Crippen LogP contribution in [0.4, 0.5) is 8.68 Å². The van der Waals surface area contributed by atoms with Crippen LogP contribution in [0.5, 0.6) is 5.75 Å². The Balaban J connectivity index is 2.41. The summed E-state index contributed by atoms with van der Waals surface area (Å²) in [5, 5.41) is 0. The van der Waals surface area contributed by atoms with Crippen LogP contribution in [0.3, 0.4) is 0 Å². The third-order valence-corrected chi connectivity index (χ3v) is 2.30. The van der Waals surface area contributed by atoms with E-state index < -0.39 is 22.2 Å². The Labute approximate surface area is 122 Å². The first-order valence-corrected chi connectivity index (χ1v) is 7.20. The Hall–Kier alpha value is -1.87. The lowest BCUT2D eigenvalue weighted by molar-refractivity contribution is -0.0137. The van der Waals surface area contributed by atoms with Crippen LogP contribution < -0.4 is 9.66 Å². The second kappa shape index (κ2) is 6.72. The Kier molecular flexibility index (Phi) is 5.50. The van der Waals surface area contributed by atoms with Gasteiger partial charge in [-0.1, -0.05) is 16.0 Å². The van der Waals surface area contributed by atoms with Gasteiger partial charge in [0.1, 0.15) is 11.4 Å². The highest BCUT2D eigenvalue weighted by molar-refractivity contribution is 7.81. The van der Waals surface area contributed by atoms with E-state index in [1.807, 2.05) is 0 Å². The van der Waals surface area contributed by atoms with Crippen LogP contribution in [0.15, 0.2) is 24.3 Å². The number of benzene rings is 1. The molecule has 7 nitrogen and oxygen atoms in total. The fourth-order valence-corrected chi connectivity index (χ4v) is 1.57. The number of rotatable bonds is 5. The van der Waals surface area contributed by atoms with E-state index in [0.29, 0.717) is 5.56 Å². The molecule has 0 atom stereocenters. The summed E-state index contributed by atoms with van der Waals surface area (Å²) in [6.45, 7) is 5.15. The minimum Gasteiger partial charge on any atom is -0.442 e. The minimum atomic E-state index is -5.04. The zero-order chi connectivity index (χ0) is 16.1. The number of hydrogen-bond acceptors (Lipinski definition) is 6. The van der Waals surface area contributed by atoms with E-state index in [2.05, 4.69) is 9.66 Å². The molecule has 0 saturated carbocycles. The maximum absolute atomic E-state index is 12.3. The number of amides is 1. The fourth-order valence-electron chi connectivity index (χ4n) is 1.23. The summed E-state index contributed by atoms with van der Waals surface area (Å²) < 4.78 is 41.8. The topological polar surface area (TPSA) is 90.9 Å². The molecule has 0 radical (unpaired) electrons. The average Bonchev–Trinajstić information content (AvgIpc) is 2.27. The van der Waals surface area contributed by atoms with Crippen molar-refractivity contribution >= 4 is 16.6 Å². The van der Waals surface area contributed by atoms with Crippen molar-refractivity contribution in [1.82, 2.24) is 5.48 Å². The van der Waals surface area contributed by atoms with Gasteiger partial charge in [-0.2, -0.15) is 13.9 Å². The summed E-state index contributed by atoms with van der Waals surface area (Å²) >= 11 is 0. The molecule has 9 heteroatoms. The first kappa shape index (κ1) is 17.2. The largest absolute Gasteiger partial charge is 0.488 e. The van der Waals surface area contributed by atoms with Crippen LogP contribution in [-0.2, 0) is 26.7 Å². The number of carbonyl (C=O) groups is 1. The van der Waals surface area contributed by atoms with Gasteiger partial charge in [-0.05, 0) is 38.5 Å². The molecular formula is C12H16FNO6S. The summed E-state index contributed by atoms with van der Waals surface area (Å²) in [5.41, 5.74) is 2.06. The Morgan fingerprint density at radius 3 is 2.29 bits per heavy atom. The number of ether oxygens (including phenoxy) is 1. The molecule has 1 aromatic carbocycles. The molecule has 0 heterocycles. The Bertz CT molecular complexity index is 579. The molecule has 1 aromatic rings. The zero-order valence-corrected chi connectivity index (χ0v) is 12.6. The zero-order valence-electron chi connectivity index (χ0n) is 11.8. The molecule has 0 unspecified atom stereocenters. The van der Waals surface area contributed by atoms with E-state index >= 15 is 0 Å². The fraction of sp³-hybridized carbons (Fsp3) is 0.417. The normalized spacial score (nSPS) is 11.8. The predicted octanol–water partition coefficient (Wildman–Crippen LogP) is 2.24. The highest BCUT2D eigenvalue weighted by Crippen LogP contribution is 2.15. The van der Waals surface area contributed by atoms with Gasteiger partial charge in [-0.25, -0.2) is 4.79 Å². The molecule has 0 saturated heterocycles. The van der Waals surface area contributed by atoms with Gasteiger partial charge >= 0.3 is 16.6 Å². The SMILES string of the molecule is CC(C)(C)OC(=O)NOCc1ccc(OS(=O)(=O)F)cc1. The van der Waals surface area contributed by atoms with E-state index in [0.717, 1.165) is 0 Å². The number of carbonyl (C=O) groups excluding carboxylic acids is 1. The van der Waals surface area contributed by atoms with Gasteiger partial charge < -0.3 is 8.92 Å². The lowest BCUT2D eigenvalue weighted by Crippen LogP contribution is -2.32. The number of nitrogens with one attached hydrogen (secondary N) is 1. The van der Waals surface area contributed by atoms with Crippen LogP contribution in [0.25, 0.3) is 0 Å². The Morgan fingerprint density at radius 2 is 1.81 bits per heavy atom. The van der Waals surface area contributed by atoms with Crippen molar-refractivity contribution in [2.45, 2.75) is 33.0 Å². The molecule has 0 aliphatic rings. The number of hydroxylamine groups is 1. The van der Waals surface area contributed by atoms with Crippen molar-refractivity contribution in [2.75, 3.05) is 0 Å². The van der Waals surface area contributed by atoms with Crippen LogP contribution >= 0.6 is 0 Å². The van der Waals surface area contributed by atoms with Gasteiger partial charge in [-0.15, -0.1) is 0 Å². The van der Waals surface area contributed by atoms with E-state index in [1.54, 1.807) is 20.8 Å². The smallest absolute Gasteiger partial charge is 0.442 e. The van der Waals surface area contributed by atoms with E-state index in [4.69, 9.17) is 9.57 Å². The summed E-state index contributed by atoms with van der Waals surface area (Å²) in [5.74, 6) is -0.165. The lowest BCUT2D eigenvalue weighted by Gasteiger charge is -2.19. The molecule has 1 amide bonds. The maximum Gasteiger partial charge on any atom is 0.488 e. The van der Waals surface area contributed by atoms with Crippen LogP contribution in [0.1, 0.15) is 26.3 Å². The molecular weight excluding hydrogens is 305 g/mol. The number of halogens is 1. The molecule has 0 aliphatic carbocycles. The first-order chi connectivity index (χ1) is 9.55. The molecule has 0 fully saturated rings. The van der Waals surface area contributed by atoms with E-state index in [-0.39, 0.29) is 12.4 Å². The highest BCUT2D eigenvalue weighted by Gasteiger charge is 2.16. The third kappa shape index (κ3) is 8.10. The summed E-state index contributed by atoms with van der Waals surface area (Å²) in [4.78, 5) is 16.2. The molecule has 118 valence electrons.